The Bertz CT molecular complexity index is 754. The molecule has 168 valence electrons. The first-order valence-electron chi connectivity index (χ1n) is 10.6. The molecule has 0 aromatic heterocycles. The lowest BCUT2D eigenvalue weighted by Crippen LogP contribution is -2.49. The molecule has 1 heterocycles. The summed E-state index contributed by atoms with van der Waals surface area (Å²) in [7, 11) is 1.96. The van der Waals surface area contributed by atoms with Crippen molar-refractivity contribution >= 4 is 11.9 Å². The van der Waals surface area contributed by atoms with Crippen molar-refractivity contribution in [3.63, 3.8) is 0 Å². The van der Waals surface area contributed by atoms with Crippen LogP contribution in [0, 0.1) is 0 Å². The summed E-state index contributed by atoms with van der Waals surface area (Å²) in [6, 6.07) is -0.394. The van der Waals surface area contributed by atoms with Crippen molar-refractivity contribution in [1.29, 1.82) is 0 Å². The number of nitrogens with zero attached hydrogens (tertiary/aromatic N) is 3. The Labute approximate surface area is 179 Å². The Morgan fingerprint density at radius 1 is 1.33 bits per heavy atom. The van der Waals surface area contributed by atoms with Gasteiger partial charge in [-0.2, -0.15) is 5.17 Å². The van der Waals surface area contributed by atoms with Crippen LogP contribution in [-0.2, 0) is 4.74 Å². The molecule has 1 aliphatic heterocycles. The average molecular weight is 421 g/mol. The summed E-state index contributed by atoms with van der Waals surface area (Å²) in [5.41, 5.74) is 11.9. The van der Waals surface area contributed by atoms with Gasteiger partial charge in [-0.05, 0) is 57.6 Å². The van der Waals surface area contributed by atoms with E-state index in [0.717, 1.165) is 49.7 Å². The first-order chi connectivity index (χ1) is 14.3. The van der Waals surface area contributed by atoms with Gasteiger partial charge in [0.1, 0.15) is 5.82 Å². The second-order valence-electron chi connectivity index (χ2n) is 7.82. The van der Waals surface area contributed by atoms with Gasteiger partial charge in [-0.1, -0.05) is 12.5 Å². The summed E-state index contributed by atoms with van der Waals surface area (Å²) in [5, 5.41) is 13.8. The molecule has 2 rings (SSSR count). The highest BCUT2D eigenvalue weighted by molar-refractivity contribution is 5.93. The second-order valence-corrected chi connectivity index (χ2v) is 7.82. The molecule has 1 saturated carbocycles. The fourth-order valence-electron chi connectivity index (χ4n) is 3.46. The summed E-state index contributed by atoms with van der Waals surface area (Å²) in [6.45, 7) is 9.48. The molecule has 0 saturated heterocycles. The normalized spacial score (nSPS) is 20.4. The molecule has 0 unspecified atom stereocenters. The van der Waals surface area contributed by atoms with Crippen molar-refractivity contribution in [3.8, 4) is 0 Å². The van der Waals surface area contributed by atoms with Crippen LogP contribution < -0.4 is 16.5 Å². The number of carbonyl (C=O) groups is 1. The maximum absolute atomic E-state index is 12.7. The first-order valence-corrected chi connectivity index (χ1v) is 10.6. The fraction of sp³-hybridized carbons (Fsp3) is 0.619. The number of nitrogens with one attached hydrogen (secondary N) is 2. The maximum Gasteiger partial charge on any atom is 0.341 e. The Balaban J connectivity index is 2.23. The minimum atomic E-state index is -0.580. The molecule has 9 heteroatoms. The van der Waals surface area contributed by atoms with Gasteiger partial charge in [-0.3, -0.25) is 10.5 Å². The van der Waals surface area contributed by atoms with E-state index in [1.54, 1.807) is 0 Å². The van der Waals surface area contributed by atoms with Crippen molar-refractivity contribution in [2.24, 2.45) is 10.7 Å². The Morgan fingerprint density at radius 2 is 2.03 bits per heavy atom. The standard InChI is InChI=1S/C21H36N6O3/c1-6-15(4)16-9-7-10-17(16)19(26(5)14(2)3)24-21(28)25-27(29)18(13-22)20-23-11-8-12-30-20/h13-14,29H,6-12,22H2,1-5H3,(H2,24,25,28)/b16-15+,18-13+,19-17-. The van der Waals surface area contributed by atoms with Crippen molar-refractivity contribution in [3.05, 3.63) is 34.4 Å². The van der Waals surface area contributed by atoms with Crippen molar-refractivity contribution in [1.82, 2.24) is 20.8 Å². The van der Waals surface area contributed by atoms with Gasteiger partial charge < -0.3 is 15.4 Å². The molecule has 0 atom stereocenters. The number of allylic oxidation sites excluding steroid dienone is 3. The van der Waals surface area contributed by atoms with Crippen LogP contribution in [0.2, 0.25) is 0 Å². The van der Waals surface area contributed by atoms with Crippen molar-refractivity contribution in [2.45, 2.75) is 65.8 Å². The van der Waals surface area contributed by atoms with Gasteiger partial charge in [0.15, 0.2) is 5.70 Å². The first kappa shape index (κ1) is 23.6. The molecule has 2 amide bonds. The number of urea groups is 1. The SMILES string of the molecule is CC/C(C)=C1\CCC\C1=C(/NC(=O)NN(O)/C(=C/N)C1=NCCCO1)N(C)C(C)C. The van der Waals surface area contributed by atoms with Gasteiger partial charge in [-0.25, -0.2) is 15.2 Å². The molecule has 5 N–H and O–H groups in total. The topological polar surface area (TPSA) is 115 Å². The minimum absolute atomic E-state index is 0.0829. The number of rotatable bonds is 7. The fourth-order valence-corrected chi connectivity index (χ4v) is 3.46. The molecule has 0 aromatic carbocycles. The summed E-state index contributed by atoms with van der Waals surface area (Å²) in [4.78, 5) is 19.0. The molecular weight excluding hydrogens is 384 g/mol. The van der Waals surface area contributed by atoms with Gasteiger partial charge in [0, 0.05) is 32.3 Å². The Hall–Kier alpha value is -2.68. The number of hydrogen-bond acceptors (Lipinski definition) is 7. The number of amides is 2. The van der Waals surface area contributed by atoms with E-state index in [1.807, 2.05) is 11.9 Å². The predicted octanol–water partition coefficient (Wildman–Crippen LogP) is 2.97. The van der Waals surface area contributed by atoms with Crippen LogP contribution in [0.4, 0.5) is 4.79 Å². The second kappa shape index (κ2) is 10.9. The zero-order valence-electron chi connectivity index (χ0n) is 18.8. The van der Waals surface area contributed by atoms with Crippen LogP contribution >= 0.6 is 0 Å². The monoisotopic (exact) mass is 420 g/mol. The van der Waals surface area contributed by atoms with Gasteiger partial charge in [0.2, 0.25) is 5.90 Å². The molecule has 0 radical (unpaired) electrons. The smallest absolute Gasteiger partial charge is 0.341 e. The molecule has 0 aromatic rings. The lowest BCUT2D eigenvalue weighted by molar-refractivity contribution is -0.0843. The van der Waals surface area contributed by atoms with E-state index in [2.05, 4.69) is 43.4 Å². The summed E-state index contributed by atoms with van der Waals surface area (Å²) in [6.07, 6.45) is 5.89. The quantitative estimate of drug-likeness (QED) is 0.471. The van der Waals surface area contributed by atoms with E-state index in [4.69, 9.17) is 10.5 Å². The Kier molecular flexibility index (Phi) is 8.58. The number of aliphatic imine (C=N–C) groups is 1. The summed E-state index contributed by atoms with van der Waals surface area (Å²) < 4.78 is 5.42. The van der Waals surface area contributed by atoms with E-state index in [9.17, 15) is 10.0 Å². The van der Waals surface area contributed by atoms with Gasteiger partial charge >= 0.3 is 6.03 Å². The number of hydrazine groups is 1. The highest BCUT2D eigenvalue weighted by atomic mass is 16.6. The summed E-state index contributed by atoms with van der Waals surface area (Å²) >= 11 is 0. The third kappa shape index (κ3) is 5.69. The summed E-state index contributed by atoms with van der Waals surface area (Å²) in [5.74, 6) is 0.949. The van der Waals surface area contributed by atoms with Gasteiger partial charge in [-0.15, -0.1) is 0 Å². The molecule has 2 aliphatic rings. The zero-order chi connectivity index (χ0) is 22.3. The minimum Gasteiger partial charge on any atom is -0.476 e. The molecule has 9 nitrogen and oxygen atoms in total. The van der Waals surface area contributed by atoms with E-state index < -0.39 is 6.03 Å². The van der Waals surface area contributed by atoms with Gasteiger partial charge in [0.25, 0.3) is 0 Å². The van der Waals surface area contributed by atoms with Crippen LogP contribution in [0.3, 0.4) is 0 Å². The van der Waals surface area contributed by atoms with E-state index in [0.29, 0.717) is 18.3 Å². The van der Waals surface area contributed by atoms with Crippen LogP contribution in [0.15, 0.2) is 39.4 Å². The molecule has 0 spiro atoms. The number of ether oxygens (including phenoxy) is 1. The van der Waals surface area contributed by atoms with Crippen LogP contribution in [-0.4, -0.2) is 53.4 Å². The van der Waals surface area contributed by atoms with Crippen LogP contribution in [0.1, 0.15) is 59.8 Å². The van der Waals surface area contributed by atoms with Crippen molar-refractivity contribution in [2.75, 3.05) is 20.2 Å². The third-order valence-electron chi connectivity index (χ3n) is 5.52. The lowest BCUT2D eigenvalue weighted by Gasteiger charge is -2.30. The largest absolute Gasteiger partial charge is 0.476 e. The van der Waals surface area contributed by atoms with E-state index in [1.165, 1.54) is 11.1 Å². The number of hydroxylamine groups is 1. The van der Waals surface area contributed by atoms with Crippen LogP contribution in [0.25, 0.3) is 0 Å². The maximum atomic E-state index is 12.7. The third-order valence-corrected chi connectivity index (χ3v) is 5.52. The average Bonchev–Trinajstić information content (AvgIpc) is 3.21. The van der Waals surface area contributed by atoms with Gasteiger partial charge in [0.05, 0.1) is 6.61 Å². The lowest BCUT2D eigenvalue weighted by atomic mass is 10.0. The highest BCUT2D eigenvalue weighted by Crippen LogP contribution is 2.36. The number of hydrogen-bond donors (Lipinski definition) is 4. The van der Waals surface area contributed by atoms with Crippen molar-refractivity contribution < 1.29 is 14.7 Å². The molecule has 0 bridgehead atoms. The van der Waals surface area contributed by atoms with E-state index >= 15 is 0 Å². The highest BCUT2D eigenvalue weighted by Gasteiger charge is 2.25. The number of nitrogens with two attached hydrogens (primary N) is 1. The molecular formula is C21H36N6O3. The Morgan fingerprint density at radius 3 is 2.60 bits per heavy atom. The molecule has 1 aliphatic carbocycles. The number of carbonyl (C=O) groups excluding carboxylic acids is 1. The molecule has 30 heavy (non-hydrogen) atoms. The van der Waals surface area contributed by atoms with E-state index in [-0.39, 0.29) is 17.6 Å². The zero-order valence-corrected chi connectivity index (χ0v) is 18.8. The molecule has 1 fully saturated rings. The predicted molar refractivity (Wildman–Crippen MR) is 117 cm³/mol. The van der Waals surface area contributed by atoms with Crippen LogP contribution in [0.5, 0.6) is 0 Å².